The maximum atomic E-state index is 12.0. The Bertz CT molecular complexity index is 444. The molecule has 2 atom stereocenters. The fraction of sp³-hybridized carbons (Fsp3) is 0.600. The molecule has 0 aromatic carbocycles. The lowest BCUT2D eigenvalue weighted by molar-refractivity contribution is -0.143. The van der Waals surface area contributed by atoms with Crippen LogP contribution in [0.15, 0.2) is 17.5 Å². The molecule has 1 fully saturated rings. The number of aliphatic carboxylic acids is 1. The Kier molecular flexibility index (Phi) is 5.59. The van der Waals surface area contributed by atoms with Gasteiger partial charge in [0.25, 0.3) is 0 Å². The maximum absolute atomic E-state index is 12.0. The average molecular weight is 295 g/mol. The van der Waals surface area contributed by atoms with Crippen LogP contribution in [0.2, 0.25) is 0 Å². The van der Waals surface area contributed by atoms with E-state index in [1.165, 1.54) is 0 Å². The minimum atomic E-state index is -0.784. The van der Waals surface area contributed by atoms with Crippen LogP contribution in [0.4, 0.5) is 0 Å². The van der Waals surface area contributed by atoms with Crippen LogP contribution in [0.3, 0.4) is 0 Å². The molecule has 5 heteroatoms. The van der Waals surface area contributed by atoms with Crippen molar-refractivity contribution in [2.75, 3.05) is 0 Å². The highest BCUT2D eigenvalue weighted by Crippen LogP contribution is 2.23. The molecule has 1 aromatic rings. The number of carbonyl (C=O) groups is 2. The molecule has 2 rings (SSSR count). The molecule has 0 bridgehead atoms. The molecule has 1 aromatic heterocycles. The monoisotopic (exact) mass is 295 g/mol. The molecule has 2 N–H and O–H groups in total. The van der Waals surface area contributed by atoms with Crippen LogP contribution in [0, 0.1) is 5.92 Å². The quantitative estimate of drug-likeness (QED) is 0.897. The number of rotatable bonds is 4. The van der Waals surface area contributed by atoms with Crippen molar-refractivity contribution < 1.29 is 14.7 Å². The first-order valence-corrected chi connectivity index (χ1v) is 8.09. The second kappa shape index (κ2) is 7.43. The van der Waals surface area contributed by atoms with Crippen LogP contribution < -0.4 is 5.32 Å². The Morgan fingerprint density at radius 2 is 2.00 bits per heavy atom. The molecule has 110 valence electrons. The van der Waals surface area contributed by atoms with Gasteiger partial charge in [-0.3, -0.25) is 9.59 Å². The number of hydrogen-bond donors (Lipinski definition) is 2. The molecular formula is C15H21NO3S. The second-order valence-corrected chi connectivity index (χ2v) is 6.40. The summed E-state index contributed by atoms with van der Waals surface area (Å²) in [5, 5.41) is 14.2. The van der Waals surface area contributed by atoms with Gasteiger partial charge in [0.15, 0.2) is 0 Å². The van der Waals surface area contributed by atoms with Gasteiger partial charge >= 0.3 is 5.97 Å². The number of thiophene rings is 1. The number of carboxylic acid groups (broad SMARTS) is 1. The van der Waals surface area contributed by atoms with Crippen molar-refractivity contribution in [3.8, 4) is 0 Å². The minimum absolute atomic E-state index is 0.0655. The van der Waals surface area contributed by atoms with Crippen molar-refractivity contribution in [3.05, 3.63) is 22.4 Å². The van der Waals surface area contributed by atoms with Gasteiger partial charge in [0.05, 0.1) is 12.3 Å². The summed E-state index contributed by atoms with van der Waals surface area (Å²) in [6.07, 6.45) is 5.94. The van der Waals surface area contributed by atoms with Crippen molar-refractivity contribution in [3.63, 3.8) is 0 Å². The first-order chi connectivity index (χ1) is 9.66. The molecule has 1 aliphatic rings. The lowest BCUT2D eigenvalue weighted by atomic mass is 9.86. The molecule has 1 amide bonds. The summed E-state index contributed by atoms with van der Waals surface area (Å²) in [7, 11) is 0. The number of nitrogens with one attached hydrogen (secondary N) is 1. The summed E-state index contributed by atoms with van der Waals surface area (Å²) < 4.78 is 0. The van der Waals surface area contributed by atoms with Gasteiger partial charge in [0.1, 0.15) is 0 Å². The second-order valence-electron chi connectivity index (χ2n) is 5.37. The smallest absolute Gasteiger partial charge is 0.308 e. The molecule has 4 nitrogen and oxygen atoms in total. The molecule has 0 saturated heterocycles. The lowest BCUT2D eigenvalue weighted by Crippen LogP contribution is -2.44. The fourth-order valence-corrected chi connectivity index (χ4v) is 3.49. The third kappa shape index (κ3) is 4.34. The van der Waals surface area contributed by atoms with Crippen LogP contribution in [0.25, 0.3) is 0 Å². The summed E-state index contributed by atoms with van der Waals surface area (Å²) in [6.45, 7) is 0. The van der Waals surface area contributed by atoms with E-state index in [1.807, 2.05) is 17.5 Å². The van der Waals surface area contributed by atoms with Gasteiger partial charge in [-0.1, -0.05) is 31.7 Å². The van der Waals surface area contributed by atoms with Crippen LogP contribution >= 0.6 is 11.3 Å². The average Bonchev–Trinajstić information content (AvgIpc) is 2.85. The molecule has 1 aliphatic carbocycles. The Morgan fingerprint density at radius 3 is 2.65 bits per heavy atom. The Balaban J connectivity index is 1.95. The lowest BCUT2D eigenvalue weighted by Gasteiger charge is -2.27. The van der Waals surface area contributed by atoms with E-state index >= 15 is 0 Å². The Hall–Kier alpha value is -1.36. The summed E-state index contributed by atoms with van der Waals surface area (Å²) in [4.78, 5) is 24.4. The molecule has 1 heterocycles. The number of carbonyl (C=O) groups excluding carboxylic acids is 1. The summed E-state index contributed by atoms with van der Waals surface area (Å²) in [5.74, 6) is -1.29. The van der Waals surface area contributed by atoms with E-state index in [4.69, 9.17) is 0 Å². The number of amides is 1. The van der Waals surface area contributed by atoms with E-state index in [0.717, 1.165) is 37.0 Å². The summed E-state index contributed by atoms with van der Waals surface area (Å²) in [6, 6.07) is 3.63. The number of carboxylic acids is 1. The molecule has 0 spiro atoms. The minimum Gasteiger partial charge on any atom is -0.481 e. The Labute approximate surface area is 123 Å². The summed E-state index contributed by atoms with van der Waals surface area (Å²) in [5.41, 5.74) is 0. The van der Waals surface area contributed by atoms with Crippen molar-refractivity contribution in [2.24, 2.45) is 5.92 Å². The highest BCUT2D eigenvalue weighted by molar-refractivity contribution is 7.10. The first-order valence-electron chi connectivity index (χ1n) is 7.21. The van der Waals surface area contributed by atoms with E-state index in [9.17, 15) is 14.7 Å². The van der Waals surface area contributed by atoms with E-state index in [0.29, 0.717) is 12.8 Å². The standard InChI is InChI=1S/C15H21NO3S/c17-14(10-11-6-5-9-20-11)16-13-8-4-2-1-3-7-12(13)15(18)19/h5-6,9,12-13H,1-4,7-8,10H2,(H,16,17)(H,18,19). The van der Waals surface area contributed by atoms with Crippen LogP contribution in [0.1, 0.15) is 43.4 Å². The fourth-order valence-electron chi connectivity index (χ4n) is 2.78. The zero-order chi connectivity index (χ0) is 14.4. The largest absolute Gasteiger partial charge is 0.481 e. The van der Waals surface area contributed by atoms with E-state index in [1.54, 1.807) is 11.3 Å². The van der Waals surface area contributed by atoms with Gasteiger partial charge < -0.3 is 10.4 Å². The maximum Gasteiger partial charge on any atom is 0.308 e. The van der Waals surface area contributed by atoms with E-state index in [2.05, 4.69) is 5.32 Å². The third-order valence-electron chi connectivity index (χ3n) is 3.84. The zero-order valence-corrected chi connectivity index (χ0v) is 12.3. The topological polar surface area (TPSA) is 66.4 Å². The van der Waals surface area contributed by atoms with Crippen LogP contribution in [-0.2, 0) is 16.0 Å². The van der Waals surface area contributed by atoms with Gasteiger partial charge in [-0.15, -0.1) is 11.3 Å². The predicted octanol–water partition coefficient (Wildman–Crippen LogP) is 2.83. The molecule has 20 heavy (non-hydrogen) atoms. The van der Waals surface area contributed by atoms with Crippen LogP contribution in [-0.4, -0.2) is 23.0 Å². The van der Waals surface area contributed by atoms with Gasteiger partial charge in [0.2, 0.25) is 5.91 Å². The molecule has 2 unspecified atom stereocenters. The predicted molar refractivity (Wildman–Crippen MR) is 78.8 cm³/mol. The molecule has 0 aliphatic heterocycles. The number of hydrogen-bond acceptors (Lipinski definition) is 3. The van der Waals surface area contributed by atoms with Gasteiger partial charge in [-0.05, 0) is 24.3 Å². The van der Waals surface area contributed by atoms with Gasteiger partial charge in [0, 0.05) is 10.9 Å². The van der Waals surface area contributed by atoms with E-state index in [-0.39, 0.29) is 11.9 Å². The molecular weight excluding hydrogens is 274 g/mol. The summed E-state index contributed by atoms with van der Waals surface area (Å²) >= 11 is 1.55. The zero-order valence-electron chi connectivity index (χ0n) is 11.5. The molecule has 0 radical (unpaired) electrons. The highest BCUT2D eigenvalue weighted by Gasteiger charge is 2.29. The van der Waals surface area contributed by atoms with Crippen molar-refractivity contribution in [1.29, 1.82) is 0 Å². The Morgan fingerprint density at radius 1 is 1.25 bits per heavy atom. The van der Waals surface area contributed by atoms with Gasteiger partial charge in [-0.25, -0.2) is 0 Å². The third-order valence-corrected chi connectivity index (χ3v) is 4.72. The van der Waals surface area contributed by atoms with Crippen LogP contribution in [0.5, 0.6) is 0 Å². The van der Waals surface area contributed by atoms with Crippen molar-refractivity contribution in [1.82, 2.24) is 5.32 Å². The normalized spacial score (nSPS) is 23.6. The SMILES string of the molecule is O=C(Cc1cccs1)NC1CCCCCCC1C(=O)O. The van der Waals surface area contributed by atoms with Crippen molar-refractivity contribution >= 4 is 23.2 Å². The highest BCUT2D eigenvalue weighted by atomic mass is 32.1. The first kappa shape index (κ1) is 15.0. The molecule has 1 saturated carbocycles. The van der Waals surface area contributed by atoms with E-state index < -0.39 is 11.9 Å². The van der Waals surface area contributed by atoms with Gasteiger partial charge in [-0.2, -0.15) is 0 Å². The van der Waals surface area contributed by atoms with Crippen molar-refractivity contribution in [2.45, 2.75) is 51.0 Å².